The smallest absolute Gasteiger partial charge is 0.321 e. The zero-order valence-electron chi connectivity index (χ0n) is 12.9. The van der Waals surface area contributed by atoms with Crippen LogP contribution in [-0.4, -0.2) is 46.0 Å². The number of urea groups is 1. The van der Waals surface area contributed by atoms with E-state index in [-0.39, 0.29) is 12.1 Å². The maximum Gasteiger partial charge on any atom is 0.321 e. The Bertz CT molecular complexity index is 444. The molecule has 1 aliphatic rings. The first kappa shape index (κ1) is 16.2. The summed E-state index contributed by atoms with van der Waals surface area (Å²) in [4.78, 5) is 18.6. The molecule has 0 aliphatic carbocycles. The number of nitrogens with zero attached hydrogens (tertiary/aromatic N) is 3. The van der Waals surface area contributed by atoms with Gasteiger partial charge in [-0.05, 0) is 39.3 Å². The van der Waals surface area contributed by atoms with Crippen LogP contribution >= 0.6 is 11.5 Å². The third kappa shape index (κ3) is 5.59. The summed E-state index contributed by atoms with van der Waals surface area (Å²) in [6, 6.07) is -0.0650. The summed E-state index contributed by atoms with van der Waals surface area (Å²) in [7, 11) is 0. The lowest BCUT2D eigenvalue weighted by Gasteiger charge is -2.29. The first-order valence-electron chi connectivity index (χ1n) is 7.80. The third-order valence-electron chi connectivity index (χ3n) is 3.52. The highest BCUT2D eigenvalue weighted by Gasteiger charge is 2.15. The molecule has 2 heterocycles. The van der Waals surface area contributed by atoms with E-state index >= 15 is 0 Å². The van der Waals surface area contributed by atoms with Crippen LogP contribution in [0.25, 0.3) is 0 Å². The molecule has 1 aliphatic heterocycles. The van der Waals surface area contributed by atoms with Gasteiger partial charge in [-0.15, -0.1) is 0 Å². The lowest BCUT2D eigenvalue weighted by atomic mass is 10.1. The molecule has 2 rings (SSSR count). The number of hydrogen-bond donors (Lipinski definition) is 2. The Balaban J connectivity index is 1.72. The SMILES string of the molecule is CCCc1nsc(NC(=O)NC(C)CN2CCCCC2)n1. The van der Waals surface area contributed by atoms with E-state index in [0.29, 0.717) is 5.13 Å². The van der Waals surface area contributed by atoms with Crippen LogP contribution in [0, 0.1) is 0 Å². The largest absolute Gasteiger partial charge is 0.334 e. The second-order valence-electron chi connectivity index (χ2n) is 5.63. The van der Waals surface area contributed by atoms with Gasteiger partial charge in [-0.1, -0.05) is 13.3 Å². The Morgan fingerprint density at radius 1 is 1.38 bits per heavy atom. The summed E-state index contributed by atoms with van der Waals surface area (Å²) in [5, 5.41) is 6.30. The number of carbonyl (C=O) groups is 1. The van der Waals surface area contributed by atoms with E-state index in [1.807, 2.05) is 6.92 Å². The summed E-state index contributed by atoms with van der Waals surface area (Å²) < 4.78 is 4.21. The molecule has 0 spiro atoms. The van der Waals surface area contributed by atoms with E-state index in [2.05, 4.69) is 31.8 Å². The van der Waals surface area contributed by atoms with Gasteiger partial charge in [0.05, 0.1) is 0 Å². The first-order valence-corrected chi connectivity index (χ1v) is 8.57. The molecule has 2 amide bonds. The van der Waals surface area contributed by atoms with Gasteiger partial charge in [-0.25, -0.2) is 9.78 Å². The molecule has 2 N–H and O–H groups in total. The maximum absolute atomic E-state index is 11.9. The van der Waals surface area contributed by atoms with Crippen LogP contribution < -0.4 is 10.6 Å². The van der Waals surface area contributed by atoms with Crippen LogP contribution in [0.5, 0.6) is 0 Å². The zero-order valence-corrected chi connectivity index (χ0v) is 13.7. The molecule has 21 heavy (non-hydrogen) atoms. The molecular weight excluding hydrogens is 286 g/mol. The van der Waals surface area contributed by atoms with E-state index in [4.69, 9.17) is 0 Å². The van der Waals surface area contributed by atoms with E-state index in [0.717, 1.165) is 38.3 Å². The molecule has 1 aromatic rings. The van der Waals surface area contributed by atoms with Gasteiger partial charge in [0, 0.05) is 30.5 Å². The molecule has 6 nitrogen and oxygen atoms in total. The van der Waals surface area contributed by atoms with Gasteiger partial charge in [-0.3, -0.25) is 5.32 Å². The van der Waals surface area contributed by atoms with Crippen molar-refractivity contribution < 1.29 is 4.79 Å². The van der Waals surface area contributed by atoms with Crippen LogP contribution in [0.4, 0.5) is 9.93 Å². The van der Waals surface area contributed by atoms with Gasteiger partial charge < -0.3 is 10.2 Å². The fourth-order valence-corrected chi connectivity index (χ4v) is 3.17. The normalized spacial score (nSPS) is 17.4. The molecule has 1 unspecified atom stereocenters. The van der Waals surface area contributed by atoms with E-state index in [1.165, 1.54) is 30.8 Å². The van der Waals surface area contributed by atoms with Gasteiger partial charge in [0.15, 0.2) is 0 Å². The van der Waals surface area contributed by atoms with Gasteiger partial charge in [-0.2, -0.15) is 4.37 Å². The fourth-order valence-electron chi connectivity index (χ4n) is 2.56. The van der Waals surface area contributed by atoms with Crippen LogP contribution in [0.3, 0.4) is 0 Å². The lowest BCUT2D eigenvalue weighted by molar-refractivity contribution is 0.206. The highest BCUT2D eigenvalue weighted by atomic mass is 32.1. The van der Waals surface area contributed by atoms with Crippen molar-refractivity contribution in [1.29, 1.82) is 0 Å². The minimum absolute atomic E-state index is 0.131. The predicted octanol–water partition coefficient (Wildman–Crippen LogP) is 2.49. The van der Waals surface area contributed by atoms with Crippen molar-refractivity contribution in [2.75, 3.05) is 25.0 Å². The number of nitrogens with one attached hydrogen (secondary N) is 2. The molecule has 0 radical (unpaired) electrons. The highest BCUT2D eigenvalue weighted by molar-refractivity contribution is 7.09. The van der Waals surface area contributed by atoms with Gasteiger partial charge >= 0.3 is 6.03 Å². The number of hydrogen-bond acceptors (Lipinski definition) is 5. The van der Waals surface area contributed by atoms with E-state index < -0.39 is 0 Å². The Labute approximate surface area is 130 Å². The van der Waals surface area contributed by atoms with E-state index in [1.54, 1.807) is 0 Å². The molecule has 0 saturated carbocycles. The topological polar surface area (TPSA) is 70.2 Å². The molecule has 1 saturated heterocycles. The lowest BCUT2D eigenvalue weighted by Crippen LogP contribution is -2.45. The number of rotatable bonds is 6. The van der Waals surface area contributed by atoms with Crippen molar-refractivity contribution in [2.24, 2.45) is 0 Å². The Morgan fingerprint density at radius 2 is 2.14 bits per heavy atom. The minimum Gasteiger partial charge on any atom is -0.334 e. The zero-order chi connectivity index (χ0) is 15.1. The van der Waals surface area contributed by atoms with Crippen molar-refractivity contribution >= 4 is 22.7 Å². The van der Waals surface area contributed by atoms with Crippen LogP contribution in [0.2, 0.25) is 0 Å². The summed E-state index contributed by atoms with van der Waals surface area (Å²) in [6.45, 7) is 7.32. The van der Waals surface area contributed by atoms with Crippen molar-refractivity contribution in [2.45, 2.75) is 52.0 Å². The van der Waals surface area contributed by atoms with E-state index in [9.17, 15) is 4.79 Å². The number of piperidine rings is 1. The molecule has 0 bridgehead atoms. The number of amides is 2. The maximum atomic E-state index is 11.9. The Morgan fingerprint density at radius 3 is 2.86 bits per heavy atom. The van der Waals surface area contributed by atoms with Crippen molar-refractivity contribution in [3.8, 4) is 0 Å². The molecular formula is C14H25N5OS. The quantitative estimate of drug-likeness (QED) is 0.847. The summed E-state index contributed by atoms with van der Waals surface area (Å²) in [6.07, 6.45) is 5.73. The number of aryl methyl sites for hydroxylation is 1. The Hall–Kier alpha value is -1.21. The molecule has 7 heteroatoms. The van der Waals surface area contributed by atoms with Crippen LogP contribution in [0.15, 0.2) is 0 Å². The molecule has 118 valence electrons. The van der Waals surface area contributed by atoms with Gasteiger partial charge in [0.1, 0.15) is 5.82 Å². The minimum atomic E-state index is -0.196. The monoisotopic (exact) mass is 311 g/mol. The first-order chi connectivity index (χ1) is 10.2. The third-order valence-corrected chi connectivity index (χ3v) is 4.19. The Kier molecular flexibility index (Phi) is 6.38. The second-order valence-corrected chi connectivity index (χ2v) is 6.38. The average molecular weight is 311 g/mol. The molecule has 1 fully saturated rings. The summed E-state index contributed by atoms with van der Waals surface area (Å²) in [5.41, 5.74) is 0. The second kappa shape index (κ2) is 8.29. The highest BCUT2D eigenvalue weighted by Crippen LogP contribution is 2.12. The number of carbonyl (C=O) groups excluding carboxylic acids is 1. The summed E-state index contributed by atoms with van der Waals surface area (Å²) in [5.74, 6) is 0.805. The van der Waals surface area contributed by atoms with Gasteiger partial charge in [0.25, 0.3) is 0 Å². The number of likely N-dealkylation sites (tertiary alicyclic amines) is 1. The van der Waals surface area contributed by atoms with Crippen LogP contribution in [-0.2, 0) is 6.42 Å². The van der Waals surface area contributed by atoms with Crippen molar-refractivity contribution in [1.82, 2.24) is 19.6 Å². The number of anilines is 1. The predicted molar refractivity (Wildman–Crippen MR) is 85.8 cm³/mol. The molecule has 1 atom stereocenters. The summed E-state index contributed by atoms with van der Waals surface area (Å²) >= 11 is 1.24. The fraction of sp³-hybridized carbons (Fsp3) is 0.786. The van der Waals surface area contributed by atoms with Crippen molar-refractivity contribution in [3.63, 3.8) is 0 Å². The van der Waals surface area contributed by atoms with Crippen molar-refractivity contribution in [3.05, 3.63) is 5.82 Å². The van der Waals surface area contributed by atoms with Gasteiger partial charge in [0.2, 0.25) is 5.13 Å². The van der Waals surface area contributed by atoms with Crippen LogP contribution in [0.1, 0.15) is 45.4 Å². The molecule has 0 aromatic carbocycles. The average Bonchev–Trinajstić information content (AvgIpc) is 2.87. The molecule has 1 aromatic heterocycles. The standard InChI is InChI=1S/C14H25N5OS/c1-3-7-12-16-14(21-18-12)17-13(20)15-11(2)10-19-8-5-4-6-9-19/h11H,3-10H2,1-2H3,(H2,15,16,17,18,20). The number of aromatic nitrogens is 2.